The van der Waals surface area contributed by atoms with Crippen LogP contribution in [0.5, 0.6) is 5.75 Å². The molecule has 0 unspecified atom stereocenters. The summed E-state index contributed by atoms with van der Waals surface area (Å²) in [5.74, 6) is 0.159. The molecule has 0 spiro atoms. The number of ether oxygens (including phenoxy) is 2. The number of nitrogens with one attached hydrogen (secondary N) is 2. The third-order valence-electron chi connectivity index (χ3n) is 5.40. The molecule has 196 valence electrons. The predicted octanol–water partition coefficient (Wildman–Crippen LogP) is 3.88. The topological polar surface area (TPSA) is 105 Å². The number of morpholine rings is 1. The van der Waals surface area contributed by atoms with Gasteiger partial charge in [0.05, 0.1) is 37.8 Å². The van der Waals surface area contributed by atoms with Crippen molar-refractivity contribution in [2.75, 3.05) is 36.5 Å². The van der Waals surface area contributed by atoms with Crippen LogP contribution in [0.1, 0.15) is 11.4 Å². The summed E-state index contributed by atoms with van der Waals surface area (Å²) in [5.41, 5.74) is -0.330. The number of aromatic nitrogens is 6. The Kier molecular flexibility index (Phi) is 6.26. The molecule has 16 heteroatoms. The van der Waals surface area contributed by atoms with Gasteiger partial charge in [-0.15, -0.1) is 13.2 Å². The fourth-order valence-corrected chi connectivity index (χ4v) is 3.68. The minimum atomic E-state index is -4.79. The molecule has 37 heavy (non-hydrogen) atoms. The van der Waals surface area contributed by atoms with E-state index in [0.717, 1.165) is 4.52 Å². The standard InChI is InChI=1S/C21H18F6N8O2/c22-20(23,24)14-9-30-35-17(14)32-19(34-5-7-36-8-6-34)33-18(35)29-11-16-28-10-15(31-16)12-1-3-13(4-2-12)37-21(25,26)27/h1-4,9-10H,5-8,11H2,(H,28,31)(H,29,32,33). The Balaban J connectivity index is 1.37. The van der Waals surface area contributed by atoms with Crippen molar-refractivity contribution < 1.29 is 35.8 Å². The number of aromatic amines is 1. The molecule has 0 radical (unpaired) electrons. The van der Waals surface area contributed by atoms with Gasteiger partial charge >= 0.3 is 12.5 Å². The second kappa shape index (κ2) is 9.42. The van der Waals surface area contributed by atoms with Gasteiger partial charge in [-0.05, 0) is 29.8 Å². The first-order chi connectivity index (χ1) is 17.6. The Morgan fingerprint density at radius 1 is 1.00 bits per heavy atom. The monoisotopic (exact) mass is 528 g/mol. The van der Waals surface area contributed by atoms with Crippen LogP contribution in [0, 0.1) is 0 Å². The van der Waals surface area contributed by atoms with E-state index in [0.29, 0.717) is 49.6 Å². The first kappa shape index (κ1) is 24.6. The van der Waals surface area contributed by atoms with E-state index in [1.807, 2.05) is 0 Å². The summed E-state index contributed by atoms with van der Waals surface area (Å²) in [6.07, 6.45) is -7.29. The predicted molar refractivity (Wildman–Crippen MR) is 117 cm³/mol. The highest BCUT2D eigenvalue weighted by Gasteiger charge is 2.36. The molecule has 1 fully saturated rings. The lowest BCUT2D eigenvalue weighted by atomic mass is 10.2. The Bertz CT molecular complexity index is 1380. The molecule has 3 aromatic heterocycles. The van der Waals surface area contributed by atoms with E-state index in [1.54, 1.807) is 4.90 Å². The minimum absolute atomic E-state index is 0.0218. The average molecular weight is 528 g/mol. The van der Waals surface area contributed by atoms with Crippen LogP contribution in [-0.4, -0.2) is 62.2 Å². The summed E-state index contributed by atoms with van der Waals surface area (Å²) in [6, 6.07) is 5.19. The van der Waals surface area contributed by atoms with Gasteiger partial charge in [0.25, 0.3) is 0 Å². The van der Waals surface area contributed by atoms with Gasteiger partial charge in [0.15, 0.2) is 5.65 Å². The van der Waals surface area contributed by atoms with Crippen molar-refractivity contribution in [1.29, 1.82) is 0 Å². The number of halogens is 6. The third kappa shape index (κ3) is 5.52. The molecule has 0 aliphatic carbocycles. The number of imidazole rings is 1. The van der Waals surface area contributed by atoms with Crippen LogP contribution in [0.3, 0.4) is 0 Å². The molecule has 0 saturated carbocycles. The van der Waals surface area contributed by atoms with Crippen molar-refractivity contribution in [3.05, 3.63) is 48.0 Å². The van der Waals surface area contributed by atoms with Gasteiger partial charge in [-0.1, -0.05) is 0 Å². The van der Waals surface area contributed by atoms with Crippen molar-refractivity contribution in [3.8, 4) is 17.0 Å². The number of hydrogen-bond acceptors (Lipinski definition) is 8. The van der Waals surface area contributed by atoms with E-state index < -0.39 is 23.7 Å². The summed E-state index contributed by atoms with van der Waals surface area (Å²) in [5, 5.41) is 6.75. The Hall–Kier alpha value is -4.08. The van der Waals surface area contributed by atoms with Gasteiger partial charge < -0.3 is 24.7 Å². The molecule has 5 rings (SSSR count). The van der Waals surface area contributed by atoms with Gasteiger partial charge in [-0.3, -0.25) is 0 Å². The number of fused-ring (bicyclic) bond motifs is 1. The highest BCUT2D eigenvalue weighted by atomic mass is 19.4. The van der Waals surface area contributed by atoms with Crippen LogP contribution >= 0.6 is 0 Å². The molecular formula is C21H18F6N8O2. The molecule has 4 aromatic rings. The average Bonchev–Trinajstić information content (AvgIpc) is 3.50. The number of alkyl halides is 6. The fourth-order valence-electron chi connectivity index (χ4n) is 3.68. The molecule has 4 heterocycles. The summed E-state index contributed by atoms with van der Waals surface area (Å²) < 4.78 is 87.8. The van der Waals surface area contributed by atoms with Gasteiger partial charge in [-0.2, -0.15) is 32.8 Å². The van der Waals surface area contributed by atoms with Crippen molar-refractivity contribution in [1.82, 2.24) is 29.5 Å². The number of benzene rings is 1. The molecule has 1 aromatic carbocycles. The normalized spacial score (nSPS) is 14.8. The molecule has 0 bridgehead atoms. The summed E-state index contributed by atoms with van der Waals surface area (Å²) >= 11 is 0. The number of nitrogens with zero attached hydrogens (tertiary/aromatic N) is 6. The molecule has 2 N–H and O–H groups in total. The van der Waals surface area contributed by atoms with Crippen molar-refractivity contribution in [2.24, 2.45) is 0 Å². The first-order valence-corrected chi connectivity index (χ1v) is 10.9. The second-order valence-corrected chi connectivity index (χ2v) is 7.91. The van der Waals surface area contributed by atoms with Gasteiger partial charge in [0, 0.05) is 13.1 Å². The summed E-state index contributed by atoms with van der Waals surface area (Å²) in [4.78, 5) is 17.4. The van der Waals surface area contributed by atoms with E-state index in [1.165, 1.54) is 30.5 Å². The lowest BCUT2D eigenvalue weighted by molar-refractivity contribution is -0.274. The van der Waals surface area contributed by atoms with Crippen molar-refractivity contribution in [2.45, 2.75) is 19.1 Å². The Morgan fingerprint density at radius 2 is 1.73 bits per heavy atom. The lowest BCUT2D eigenvalue weighted by Crippen LogP contribution is -2.37. The highest BCUT2D eigenvalue weighted by Crippen LogP contribution is 2.33. The molecular weight excluding hydrogens is 510 g/mol. The van der Waals surface area contributed by atoms with Crippen LogP contribution in [0.25, 0.3) is 16.9 Å². The first-order valence-electron chi connectivity index (χ1n) is 10.9. The van der Waals surface area contributed by atoms with E-state index >= 15 is 0 Å². The molecule has 1 aliphatic heterocycles. The van der Waals surface area contributed by atoms with Crippen LogP contribution in [-0.2, 0) is 17.5 Å². The number of anilines is 2. The van der Waals surface area contributed by atoms with E-state index in [4.69, 9.17) is 4.74 Å². The second-order valence-electron chi connectivity index (χ2n) is 7.91. The third-order valence-corrected chi connectivity index (χ3v) is 5.40. The Labute approximate surface area is 204 Å². The van der Waals surface area contributed by atoms with Crippen LogP contribution in [0.15, 0.2) is 36.7 Å². The van der Waals surface area contributed by atoms with Gasteiger partial charge in [-0.25, -0.2) is 4.98 Å². The van der Waals surface area contributed by atoms with E-state index in [-0.39, 0.29) is 24.2 Å². The SMILES string of the molecule is FC(F)(F)Oc1ccc(-c2cnc(CNc3nc(N4CCOCC4)nc4c(C(F)(F)F)cnn34)[nH]2)cc1. The highest BCUT2D eigenvalue weighted by molar-refractivity contribution is 5.60. The molecule has 0 atom stereocenters. The zero-order chi connectivity index (χ0) is 26.2. The smallest absolute Gasteiger partial charge is 0.406 e. The molecule has 0 amide bonds. The lowest BCUT2D eigenvalue weighted by Gasteiger charge is -2.27. The maximum absolute atomic E-state index is 13.5. The molecule has 10 nitrogen and oxygen atoms in total. The summed E-state index contributed by atoms with van der Waals surface area (Å²) in [6.45, 7) is 1.65. The number of hydrogen-bond donors (Lipinski definition) is 2. The number of H-pyrrole nitrogens is 1. The van der Waals surface area contributed by atoms with Crippen LogP contribution in [0.4, 0.5) is 38.2 Å². The molecule has 1 aliphatic rings. The van der Waals surface area contributed by atoms with Crippen LogP contribution in [0.2, 0.25) is 0 Å². The fraction of sp³-hybridized carbons (Fsp3) is 0.333. The zero-order valence-corrected chi connectivity index (χ0v) is 18.8. The van der Waals surface area contributed by atoms with Crippen molar-refractivity contribution >= 4 is 17.5 Å². The maximum Gasteiger partial charge on any atom is 0.573 e. The van der Waals surface area contributed by atoms with Gasteiger partial charge in [0.1, 0.15) is 17.1 Å². The Morgan fingerprint density at radius 3 is 2.41 bits per heavy atom. The number of rotatable bonds is 6. The molecule has 1 saturated heterocycles. The summed E-state index contributed by atoms with van der Waals surface area (Å²) in [7, 11) is 0. The van der Waals surface area contributed by atoms with E-state index in [2.05, 4.69) is 35.1 Å². The largest absolute Gasteiger partial charge is 0.573 e. The minimum Gasteiger partial charge on any atom is -0.406 e. The zero-order valence-electron chi connectivity index (χ0n) is 18.8. The van der Waals surface area contributed by atoms with Crippen molar-refractivity contribution in [3.63, 3.8) is 0 Å². The van der Waals surface area contributed by atoms with Crippen LogP contribution < -0.4 is 15.0 Å². The van der Waals surface area contributed by atoms with E-state index in [9.17, 15) is 26.3 Å². The van der Waals surface area contributed by atoms with Gasteiger partial charge in [0.2, 0.25) is 11.9 Å². The quantitative estimate of drug-likeness (QED) is 0.364. The maximum atomic E-state index is 13.5.